The molecular weight excluding hydrogens is 368 g/mol. The van der Waals surface area contributed by atoms with Crippen molar-refractivity contribution < 1.29 is 18.0 Å². The number of hydrogen-bond donors (Lipinski definition) is 1. The fourth-order valence-electron chi connectivity index (χ4n) is 2.97. The number of anilines is 1. The second kappa shape index (κ2) is 7.18. The zero-order valence-corrected chi connectivity index (χ0v) is 14.8. The van der Waals surface area contributed by atoms with Crippen LogP contribution in [-0.4, -0.2) is 25.7 Å². The molecule has 4 heterocycles. The van der Waals surface area contributed by atoms with Gasteiger partial charge in [-0.2, -0.15) is 5.10 Å². The van der Waals surface area contributed by atoms with E-state index < -0.39 is 12.3 Å². The third-order valence-corrected chi connectivity index (χ3v) is 4.14. The number of aryl methyl sites for hydroxylation is 1. The molecule has 0 fully saturated rings. The molecule has 0 aliphatic heterocycles. The van der Waals surface area contributed by atoms with Crippen LogP contribution in [-0.2, 0) is 11.3 Å². The van der Waals surface area contributed by atoms with Crippen molar-refractivity contribution in [3.05, 3.63) is 60.1 Å². The lowest BCUT2D eigenvalue weighted by atomic mass is 10.1. The maximum Gasteiger partial charge on any atom is 0.264 e. The fourth-order valence-corrected chi connectivity index (χ4v) is 2.97. The van der Waals surface area contributed by atoms with Gasteiger partial charge in [0.15, 0.2) is 11.4 Å². The fraction of sp³-hybridized carbons (Fsp3) is 0.158. The van der Waals surface area contributed by atoms with E-state index in [1.165, 1.54) is 17.0 Å². The molecule has 28 heavy (non-hydrogen) atoms. The molecule has 1 N–H and O–H groups in total. The molecule has 0 saturated heterocycles. The predicted molar refractivity (Wildman–Crippen MR) is 97.8 cm³/mol. The van der Waals surface area contributed by atoms with E-state index in [-0.39, 0.29) is 28.8 Å². The molecule has 4 aromatic heterocycles. The number of furan rings is 1. The standard InChI is InChI=1S/C19H15F2N5O2/c1-11-17-12(18(20)21)9-13(14-5-4-8-28-14)23-19(17)26(25-11)10-16(27)24-15-6-2-3-7-22-15/h2-9,18H,10H2,1H3,(H,22,24,27). The Labute approximate surface area is 158 Å². The normalized spacial score (nSPS) is 11.3. The monoisotopic (exact) mass is 383 g/mol. The summed E-state index contributed by atoms with van der Waals surface area (Å²) in [5.74, 6) is 0.345. The van der Waals surface area contributed by atoms with Crippen LogP contribution in [0.3, 0.4) is 0 Å². The summed E-state index contributed by atoms with van der Waals surface area (Å²) in [6.45, 7) is 1.41. The summed E-state index contributed by atoms with van der Waals surface area (Å²) >= 11 is 0. The number of nitrogens with one attached hydrogen (secondary N) is 1. The molecule has 0 aliphatic rings. The van der Waals surface area contributed by atoms with E-state index in [1.807, 2.05) is 0 Å². The van der Waals surface area contributed by atoms with Crippen molar-refractivity contribution >= 4 is 22.8 Å². The number of fused-ring (bicyclic) bond motifs is 1. The zero-order valence-electron chi connectivity index (χ0n) is 14.8. The van der Waals surface area contributed by atoms with Crippen LogP contribution < -0.4 is 5.32 Å². The molecule has 0 spiro atoms. The Morgan fingerprint density at radius 1 is 1.29 bits per heavy atom. The Hall–Kier alpha value is -3.62. The van der Waals surface area contributed by atoms with Gasteiger partial charge in [-0.25, -0.2) is 23.4 Å². The third-order valence-electron chi connectivity index (χ3n) is 4.14. The first-order valence-electron chi connectivity index (χ1n) is 8.44. The second-order valence-electron chi connectivity index (χ2n) is 6.08. The minimum atomic E-state index is -2.72. The molecule has 1 amide bonds. The summed E-state index contributed by atoms with van der Waals surface area (Å²) in [4.78, 5) is 20.8. The van der Waals surface area contributed by atoms with Crippen molar-refractivity contribution in [1.82, 2.24) is 19.7 Å². The van der Waals surface area contributed by atoms with Gasteiger partial charge in [-0.05, 0) is 37.3 Å². The number of aromatic nitrogens is 4. The molecule has 0 unspecified atom stereocenters. The average Bonchev–Trinajstić information content (AvgIpc) is 3.31. The molecule has 0 bridgehead atoms. The molecule has 0 aliphatic carbocycles. The number of hydrogen-bond acceptors (Lipinski definition) is 5. The summed E-state index contributed by atoms with van der Waals surface area (Å²) < 4.78 is 33.9. The Morgan fingerprint density at radius 2 is 2.14 bits per heavy atom. The highest BCUT2D eigenvalue weighted by Gasteiger charge is 2.22. The summed E-state index contributed by atoms with van der Waals surface area (Å²) in [5.41, 5.74) is 0.608. The minimum absolute atomic E-state index is 0.192. The molecule has 7 nitrogen and oxygen atoms in total. The summed E-state index contributed by atoms with van der Waals surface area (Å²) in [7, 11) is 0. The molecule has 142 valence electrons. The number of carbonyl (C=O) groups excluding carboxylic acids is 1. The van der Waals surface area contributed by atoms with Crippen molar-refractivity contribution in [2.75, 3.05) is 5.32 Å². The minimum Gasteiger partial charge on any atom is -0.463 e. The van der Waals surface area contributed by atoms with Crippen molar-refractivity contribution in [3.63, 3.8) is 0 Å². The summed E-state index contributed by atoms with van der Waals surface area (Å²) in [6.07, 6.45) is 0.263. The van der Waals surface area contributed by atoms with E-state index >= 15 is 0 Å². The molecule has 0 radical (unpaired) electrons. The Kier molecular flexibility index (Phi) is 4.56. The van der Waals surface area contributed by atoms with Crippen LogP contribution in [0.15, 0.2) is 53.3 Å². The van der Waals surface area contributed by atoms with Gasteiger partial charge in [-0.3, -0.25) is 4.79 Å². The van der Waals surface area contributed by atoms with Crippen LogP contribution in [0.25, 0.3) is 22.5 Å². The van der Waals surface area contributed by atoms with E-state index in [0.29, 0.717) is 17.3 Å². The van der Waals surface area contributed by atoms with Crippen molar-refractivity contribution in [1.29, 1.82) is 0 Å². The number of pyridine rings is 2. The van der Waals surface area contributed by atoms with Gasteiger partial charge in [0.05, 0.1) is 17.3 Å². The summed E-state index contributed by atoms with van der Waals surface area (Å²) in [6, 6.07) is 9.68. The van der Waals surface area contributed by atoms with Crippen LogP contribution in [0.5, 0.6) is 0 Å². The molecule has 0 atom stereocenters. The van der Waals surface area contributed by atoms with Crippen LogP contribution >= 0.6 is 0 Å². The van der Waals surface area contributed by atoms with Crippen molar-refractivity contribution in [2.45, 2.75) is 19.9 Å². The van der Waals surface area contributed by atoms with Crippen LogP contribution in [0.1, 0.15) is 17.7 Å². The molecule has 0 aromatic carbocycles. The van der Waals surface area contributed by atoms with Gasteiger partial charge in [0, 0.05) is 11.8 Å². The first-order valence-corrected chi connectivity index (χ1v) is 8.44. The zero-order chi connectivity index (χ0) is 19.7. The summed E-state index contributed by atoms with van der Waals surface area (Å²) in [5, 5.41) is 7.12. The number of amides is 1. The van der Waals surface area contributed by atoms with Crippen molar-refractivity contribution in [3.8, 4) is 11.5 Å². The average molecular weight is 383 g/mol. The van der Waals surface area contributed by atoms with Gasteiger partial charge in [0.25, 0.3) is 6.43 Å². The lowest BCUT2D eigenvalue weighted by Crippen LogP contribution is -2.20. The molecule has 4 rings (SSSR count). The van der Waals surface area contributed by atoms with Crippen LogP contribution in [0, 0.1) is 6.92 Å². The van der Waals surface area contributed by atoms with E-state index in [4.69, 9.17) is 4.42 Å². The maximum absolute atomic E-state index is 13.7. The number of alkyl halides is 2. The van der Waals surface area contributed by atoms with Crippen molar-refractivity contribution in [2.24, 2.45) is 0 Å². The molecule has 0 saturated carbocycles. The second-order valence-corrected chi connectivity index (χ2v) is 6.08. The lowest BCUT2D eigenvalue weighted by Gasteiger charge is -2.08. The van der Waals surface area contributed by atoms with Gasteiger partial charge in [0.2, 0.25) is 5.91 Å². The van der Waals surface area contributed by atoms with E-state index in [1.54, 1.807) is 43.5 Å². The van der Waals surface area contributed by atoms with E-state index in [0.717, 1.165) is 0 Å². The van der Waals surface area contributed by atoms with Gasteiger partial charge < -0.3 is 9.73 Å². The first-order chi connectivity index (χ1) is 13.5. The number of carbonyl (C=O) groups is 1. The lowest BCUT2D eigenvalue weighted by molar-refractivity contribution is -0.116. The van der Waals surface area contributed by atoms with Gasteiger partial charge in [-0.1, -0.05) is 6.07 Å². The van der Waals surface area contributed by atoms with E-state index in [2.05, 4.69) is 20.4 Å². The number of nitrogens with zero attached hydrogens (tertiary/aromatic N) is 4. The Balaban J connectivity index is 1.75. The van der Waals surface area contributed by atoms with Gasteiger partial charge in [-0.15, -0.1) is 0 Å². The van der Waals surface area contributed by atoms with Gasteiger partial charge >= 0.3 is 0 Å². The topological polar surface area (TPSA) is 85.8 Å². The Morgan fingerprint density at radius 3 is 2.82 bits per heavy atom. The quantitative estimate of drug-likeness (QED) is 0.564. The SMILES string of the molecule is Cc1nn(CC(=O)Nc2ccccn2)c2nc(-c3ccco3)cc(C(F)F)c12. The number of rotatable bonds is 5. The smallest absolute Gasteiger partial charge is 0.264 e. The third kappa shape index (κ3) is 3.34. The van der Waals surface area contributed by atoms with Crippen LogP contribution in [0.4, 0.5) is 14.6 Å². The highest BCUT2D eigenvalue weighted by atomic mass is 19.3. The highest BCUT2D eigenvalue weighted by Crippen LogP contribution is 2.33. The van der Waals surface area contributed by atoms with Crippen LogP contribution in [0.2, 0.25) is 0 Å². The Bertz CT molecular complexity index is 1120. The molecular formula is C19H15F2N5O2. The first kappa shape index (κ1) is 17.8. The maximum atomic E-state index is 13.7. The van der Waals surface area contributed by atoms with Gasteiger partial charge in [0.1, 0.15) is 18.1 Å². The molecule has 9 heteroatoms. The highest BCUT2D eigenvalue weighted by molar-refractivity contribution is 5.91. The predicted octanol–water partition coefficient (Wildman–Crippen LogP) is 3.97. The van der Waals surface area contributed by atoms with E-state index in [9.17, 15) is 13.6 Å². The largest absolute Gasteiger partial charge is 0.463 e. The number of halogens is 2. The molecule has 4 aromatic rings.